The lowest BCUT2D eigenvalue weighted by Crippen LogP contribution is -2.05. The van der Waals surface area contributed by atoms with Gasteiger partial charge in [-0.05, 0) is 22.7 Å². The summed E-state index contributed by atoms with van der Waals surface area (Å²) in [4.78, 5) is 5.68. The lowest BCUT2D eigenvalue weighted by molar-refractivity contribution is 0.414. The van der Waals surface area contributed by atoms with Crippen molar-refractivity contribution in [3.05, 3.63) is 41.2 Å². The third-order valence-corrected chi connectivity index (χ3v) is 3.43. The number of hydrogen-bond donors (Lipinski definition) is 0. The van der Waals surface area contributed by atoms with Gasteiger partial charge >= 0.3 is 0 Å². The predicted molar refractivity (Wildman–Crippen MR) is 72.2 cm³/mol. The summed E-state index contributed by atoms with van der Waals surface area (Å²) in [6.45, 7) is 0.290. The summed E-state index contributed by atoms with van der Waals surface area (Å²) in [5.41, 5.74) is 1.68. The molecule has 0 saturated heterocycles. The van der Waals surface area contributed by atoms with Crippen LogP contribution in [0, 0.1) is 0 Å². The van der Waals surface area contributed by atoms with Crippen LogP contribution in [0.4, 0.5) is 0 Å². The zero-order valence-corrected chi connectivity index (χ0v) is 11.4. The third kappa shape index (κ3) is 2.34. The Kier molecular flexibility index (Phi) is 2.82. The van der Waals surface area contributed by atoms with E-state index in [9.17, 15) is 0 Å². The molecule has 21 heavy (non-hydrogen) atoms. The van der Waals surface area contributed by atoms with Crippen LogP contribution in [0.15, 0.2) is 44.4 Å². The van der Waals surface area contributed by atoms with Crippen LogP contribution < -0.4 is 0 Å². The topological polar surface area (TPSA) is 95.7 Å². The molecule has 0 aliphatic rings. The molecule has 0 N–H and O–H groups in total. The minimum atomic E-state index is 0.290. The fraction of sp³-hybridized carbons (Fsp3) is 0.0833. The first-order valence-electron chi connectivity index (χ1n) is 6.04. The Morgan fingerprint density at radius 2 is 2.24 bits per heavy atom. The van der Waals surface area contributed by atoms with Crippen molar-refractivity contribution in [1.29, 1.82) is 0 Å². The number of aromatic nitrogens is 6. The van der Waals surface area contributed by atoms with Crippen molar-refractivity contribution in [2.75, 3.05) is 0 Å². The molecular weight excluding hydrogens is 292 g/mol. The van der Waals surface area contributed by atoms with Gasteiger partial charge < -0.3 is 8.94 Å². The molecule has 0 amide bonds. The van der Waals surface area contributed by atoms with Gasteiger partial charge in [-0.1, -0.05) is 5.16 Å². The normalized spacial score (nSPS) is 11.0. The smallest absolute Gasteiger partial charge is 0.261 e. The first-order valence-corrected chi connectivity index (χ1v) is 6.98. The van der Waals surface area contributed by atoms with Crippen LogP contribution in [0.5, 0.6) is 0 Å². The summed E-state index contributed by atoms with van der Waals surface area (Å²) in [7, 11) is 0. The van der Waals surface area contributed by atoms with Crippen LogP contribution in [0.1, 0.15) is 5.82 Å². The van der Waals surface area contributed by atoms with Crippen molar-refractivity contribution in [2.24, 2.45) is 0 Å². The summed E-state index contributed by atoms with van der Waals surface area (Å²) < 4.78 is 10.1. The van der Waals surface area contributed by atoms with Crippen LogP contribution in [0.2, 0.25) is 0 Å². The zero-order valence-electron chi connectivity index (χ0n) is 10.6. The highest BCUT2D eigenvalue weighted by atomic mass is 32.1. The van der Waals surface area contributed by atoms with Gasteiger partial charge in [0.1, 0.15) is 12.8 Å². The Labute approximate surface area is 122 Å². The molecule has 0 aliphatic carbocycles. The number of hydrogen-bond acceptors (Lipinski definition) is 8. The summed E-state index contributed by atoms with van der Waals surface area (Å²) in [6, 6.07) is 3.69. The highest BCUT2D eigenvalue weighted by molar-refractivity contribution is 7.08. The number of rotatable bonds is 4. The van der Waals surface area contributed by atoms with Crippen molar-refractivity contribution in [2.45, 2.75) is 6.54 Å². The van der Waals surface area contributed by atoms with Gasteiger partial charge in [-0.3, -0.25) is 0 Å². The van der Waals surface area contributed by atoms with Gasteiger partial charge in [-0.25, -0.2) is 0 Å². The fourth-order valence-corrected chi connectivity index (χ4v) is 2.40. The molecule has 0 unspecified atom stereocenters. The molecule has 0 fully saturated rings. The highest BCUT2D eigenvalue weighted by Crippen LogP contribution is 2.18. The van der Waals surface area contributed by atoms with Gasteiger partial charge in [0.15, 0.2) is 5.82 Å². The standard InChI is InChI=1S/C12H8N6O2S/c1-3-19-6-8(1)12-13-10(16-20-12)5-18-15-11(14-17-18)9-2-4-21-7-9/h1-4,6-7H,5H2. The van der Waals surface area contributed by atoms with Gasteiger partial charge in [-0.2, -0.15) is 21.1 Å². The molecule has 4 aromatic rings. The number of thiophene rings is 1. The van der Waals surface area contributed by atoms with E-state index in [-0.39, 0.29) is 0 Å². The van der Waals surface area contributed by atoms with E-state index in [1.807, 2.05) is 16.8 Å². The van der Waals surface area contributed by atoms with Crippen LogP contribution in [-0.2, 0) is 6.54 Å². The second kappa shape index (κ2) is 4.94. The first kappa shape index (κ1) is 12.0. The second-order valence-corrected chi connectivity index (χ2v) is 4.96. The molecule has 0 aromatic carbocycles. The van der Waals surface area contributed by atoms with Crippen LogP contribution in [-0.4, -0.2) is 30.3 Å². The van der Waals surface area contributed by atoms with E-state index >= 15 is 0 Å². The lowest BCUT2D eigenvalue weighted by Gasteiger charge is -1.90. The second-order valence-electron chi connectivity index (χ2n) is 4.18. The van der Waals surface area contributed by atoms with E-state index in [0.29, 0.717) is 24.1 Å². The minimum absolute atomic E-state index is 0.290. The van der Waals surface area contributed by atoms with Crippen molar-refractivity contribution in [3.8, 4) is 22.8 Å². The van der Waals surface area contributed by atoms with Crippen LogP contribution in [0.25, 0.3) is 22.8 Å². The van der Waals surface area contributed by atoms with Gasteiger partial charge in [-0.15, -0.1) is 10.2 Å². The fourth-order valence-electron chi connectivity index (χ4n) is 1.77. The molecular formula is C12H8N6O2S. The quantitative estimate of drug-likeness (QED) is 0.569. The predicted octanol–water partition coefficient (Wildman–Crippen LogP) is 2.09. The van der Waals surface area contributed by atoms with Gasteiger partial charge in [0.2, 0.25) is 5.82 Å². The molecule has 0 saturated carbocycles. The van der Waals surface area contributed by atoms with Crippen molar-refractivity contribution >= 4 is 11.3 Å². The molecule has 0 aliphatic heterocycles. The average Bonchev–Trinajstić information content (AvgIpc) is 3.28. The third-order valence-electron chi connectivity index (χ3n) is 2.75. The van der Waals surface area contributed by atoms with Gasteiger partial charge in [0, 0.05) is 10.9 Å². The van der Waals surface area contributed by atoms with Crippen LogP contribution >= 0.6 is 11.3 Å². The first-order chi connectivity index (χ1) is 10.4. The van der Waals surface area contributed by atoms with Crippen molar-refractivity contribution in [3.63, 3.8) is 0 Å². The monoisotopic (exact) mass is 300 g/mol. The van der Waals surface area contributed by atoms with E-state index in [1.54, 1.807) is 29.9 Å². The summed E-state index contributed by atoms with van der Waals surface area (Å²) in [5.74, 6) is 1.45. The van der Waals surface area contributed by atoms with E-state index in [1.165, 1.54) is 4.80 Å². The Bertz CT molecular complexity index is 763. The SMILES string of the molecule is c1cc(-c2nc(Cn3nnc(-c4ccsc4)n3)no2)co1. The molecule has 0 atom stereocenters. The molecule has 4 rings (SSSR count). The molecule has 104 valence electrons. The Morgan fingerprint density at radius 3 is 3.05 bits per heavy atom. The van der Waals surface area contributed by atoms with E-state index < -0.39 is 0 Å². The molecule has 9 heteroatoms. The Morgan fingerprint density at radius 1 is 1.24 bits per heavy atom. The van der Waals surface area contributed by atoms with E-state index in [2.05, 4.69) is 25.6 Å². The summed E-state index contributed by atoms with van der Waals surface area (Å²) in [5, 5.41) is 20.1. The number of furan rings is 1. The lowest BCUT2D eigenvalue weighted by atomic mass is 10.3. The van der Waals surface area contributed by atoms with Crippen molar-refractivity contribution < 1.29 is 8.94 Å². The number of nitrogens with zero attached hydrogens (tertiary/aromatic N) is 6. The van der Waals surface area contributed by atoms with E-state index in [0.717, 1.165) is 11.1 Å². The molecule has 4 aromatic heterocycles. The van der Waals surface area contributed by atoms with Gasteiger partial charge in [0.25, 0.3) is 5.89 Å². The minimum Gasteiger partial charge on any atom is -0.472 e. The maximum Gasteiger partial charge on any atom is 0.261 e. The zero-order chi connectivity index (χ0) is 14.1. The van der Waals surface area contributed by atoms with E-state index in [4.69, 9.17) is 8.94 Å². The molecule has 0 radical (unpaired) electrons. The maximum absolute atomic E-state index is 5.15. The summed E-state index contributed by atoms with van der Waals surface area (Å²) in [6.07, 6.45) is 3.09. The number of tetrazole rings is 1. The van der Waals surface area contributed by atoms with Crippen molar-refractivity contribution in [1.82, 2.24) is 30.3 Å². The average molecular weight is 300 g/mol. The molecule has 4 heterocycles. The molecule has 8 nitrogen and oxygen atoms in total. The summed E-state index contributed by atoms with van der Waals surface area (Å²) >= 11 is 1.58. The highest BCUT2D eigenvalue weighted by Gasteiger charge is 2.12. The van der Waals surface area contributed by atoms with Gasteiger partial charge in [0.05, 0.1) is 11.8 Å². The molecule has 0 spiro atoms. The maximum atomic E-state index is 5.15. The molecule has 0 bridgehead atoms. The Balaban J connectivity index is 1.54. The Hall–Kier alpha value is -2.81. The largest absolute Gasteiger partial charge is 0.472 e. The van der Waals surface area contributed by atoms with Crippen LogP contribution in [0.3, 0.4) is 0 Å².